The van der Waals surface area contributed by atoms with E-state index in [2.05, 4.69) is 33.5 Å². The molecule has 0 spiro atoms. The smallest absolute Gasteiger partial charge is 0.143 e. The van der Waals surface area contributed by atoms with Gasteiger partial charge >= 0.3 is 0 Å². The van der Waals surface area contributed by atoms with Gasteiger partial charge in [-0.3, -0.25) is 4.99 Å². The van der Waals surface area contributed by atoms with Crippen LogP contribution in [-0.4, -0.2) is 38.7 Å². The van der Waals surface area contributed by atoms with Gasteiger partial charge in [-0.15, -0.1) is 5.10 Å². The Balaban J connectivity index is 0.000000612. The Hall–Kier alpha value is -2.37. The number of nitrogens with zero attached hydrogens (tertiary/aromatic N) is 5. The van der Waals surface area contributed by atoms with Crippen molar-refractivity contribution in [1.29, 1.82) is 0 Å². The molecule has 1 heterocycles. The van der Waals surface area contributed by atoms with Gasteiger partial charge < -0.3 is 4.79 Å². The minimum atomic E-state index is 0.275. The van der Waals surface area contributed by atoms with Crippen LogP contribution in [0.5, 0.6) is 0 Å². The number of aromatic nitrogens is 4. The Morgan fingerprint density at radius 3 is 2.60 bits per heavy atom. The van der Waals surface area contributed by atoms with E-state index in [-0.39, 0.29) is 6.04 Å². The number of aryl methyl sites for hydroxylation is 1. The van der Waals surface area contributed by atoms with Crippen LogP contribution in [0.25, 0.3) is 5.69 Å². The fraction of sp³-hybridized carbons (Fsp3) is 0.357. The Kier molecular flexibility index (Phi) is 6.22. The Morgan fingerprint density at radius 2 is 2.05 bits per heavy atom. The lowest BCUT2D eigenvalue weighted by Gasteiger charge is -2.06. The molecule has 6 nitrogen and oxygen atoms in total. The number of rotatable bonds is 3. The van der Waals surface area contributed by atoms with E-state index in [4.69, 9.17) is 4.79 Å². The first kappa shape index (κ1) is 15.7. The summed E-state index contributed by atoms with van der Waals surface area (Å²) in [4.78, 5) is 13.2. The first-order valence-corrected chi connectivity index (χ1v) is 6.35. The van der Waals surface area contributed by atoms with E-state index in [1.807, 2.05) is 32.2 Å². The molecule has 20 heavy (non-hydrogen) atoms. The van der Waals surface area contributed by atoms with Crippen LogP contribution in [0.15, 0.2) is 29.5 Å². The Bertz CT molecular complexity index is 561. The predicted molar refractivity (Wildman–Crippen MR) is 78.4 cm³/mol. The molecule has 0 amide bonds. The van der Waals surface area contributed by atoms with Crippen LogP contribution in [0.2, 0.25) is 0 Å². The summed E-state index contributed by atoms with van der Waals surface area (Å²) in [6.45, 7) is 7.59. The van der Waals surface area contributed by atoms with Crippen molar-refractivity contribution in [3.05, 3.63) is 35.7 Å². The largest absolute Gasteiger partial charge is 0.304 e. The van der Waals surface area contributed by atoms with E-state index in [1.165, 1.54) is 12.5 Å². The van der Waals surface area contributed by atoms with Crippen LogP contribution in [0.3, 0.4) is 0 Å². The number of hydrogen-bond acceptors (Lipinski definition) is 5. The summed E-state index contributed by atoms with van der Waals surface area (Å²) in [5, 5.41) is 11.2. The number of tetrazole rings is 1. The highest BCUT2D eigenvalue weighted by Crippen LogP contribution is 2.13. The second-order valence-electron chi connectivity index (χ2n) is 4.42. The van der Waals surface area contributed by atoms with Crippen LogP contribution in [0.1, 0.15) is 31.9 Å². The van der Waals surface area contributed by atoms with Crippen molar-refractivity contribution in [3.63, 3.8) is 0 Å². The lowest BCUT2D eigenvalue weighted by atomic mass is 10.1. The monoisotopic (exact) mass is 273 g/mol. The van der Waals surface area contributed by atoms with Crippen molar-refractivity contribution >= 4 is 12.5 Å². The second-order valence-corrected chi connectivity index (χ2v) is 4.42. The minimum absolute atomic E-state index is 0.275. The summed E-state index contributed by atoms with van der Waals surface area (Å²) in [6, 6.07) is 6.37. The molecule has 106 valence electrons. The third-order valence-corrected chi connectivity index (χ3v) is 2.29. The van der Waals surface area contributed by atoms with Gasteiger partial charge in [-0.25, -0.2) is 0 Å². The maximum absolute atomic E-state index is 8.81. The zero-order valence-corrected chi connectivity index (χ0v) is 12.2. The Labute approximate surface area is 118 Å². The van der Waals surface area contributed by atoms with Crippen LogP contribution < -0.4 is 0 Å². The lowest BCUT2D eigenvalue weighted by Crippen LogP contribution is -2.01. The van der Waals surface area contributed by atoms with Crippen molar-refractivity contribution in [3.8, 4) is 5.69 Å². The lowest BCUT2D eigenvalue weighted by molar-refractivity contribution is -0.106. The van der Waals surface area contributed by atoms with Crippen molar-refractivity contribution < 1.29 is 4.79 Å². The minimum Gasteiger partial charge on any atom is -0.304 e. The summed E-state index contributed by atoms with van der Waals surface area (Å²) in [5.41, 5.74) is 3.14. The molecule has 1 aromatic heterocycles. The van der Waals surface area contributed by atoms with Gasteiger partial charge in [0.1, 0.15) is 12.6 Å². The van der Waals surface area contributed by atoms with Gasteiger partial charge in [0.15, 0.2) is 0 Å². The van der Waals surface area contributed by atoms with Crippen LogP contribution in [0.4, 0.5) is 0 Å². The third kappa shape index (κ3) is 4.72. The van der Waals surface area contributed by atoms with E-state index >= 15 is 0 Å². The van der Waals surface area contributed by atoms with Gasteiger partial charge in [-0.1, -0.05) is 11.6 Å². The third-order valence-electron chi connectivity index (χ3n) is 2.29. The van der Waals surface area contributed by atoms with Gasteiger partial charge in [0.25, 0.3) is 0 Å². The summed E-state index contributed by atoms with van der Waals surface area (Å²) >= 11 is 0. The van der Waals surface area contributed by atoms with E-state index in [0.29, 0.717) is 0 Å². The molecule has 0 atom stereocenters. The molecule has 0 radical (unpaired) electrons. The topological polar surface area (TPSA) is 73.0 Å². The molecule has 0 aliphatic rings. The molecule has 2 aromatic rings. The van der Waals surface area contributed by atoms with Crippen molar-refractivity contribution in [2.24, 2.45) is 4.99 Å². The highest BCUT2D eigenvalue weighted by atomic mass is 16.1. The van der Waals surface area contributed by atoms with Crippen molar-refractivity contribution in [2.45, 2.75) is 33.7 Å². The maximum Gasteiger partial charge on any atom is 0.143 e. The van der Waals surface area contributed by atoms with E-state index in [1.54, 1.807) is 11.0 Å². The highest BCUT2D eigenvalue weighted by Gasteiger charge is 2.04. The molecular weight excluding hydrogens is 254 g/mol. The fourth-order valence-electron chi connectivity index (χ4n) is 1.49. The van der Waals surface area contributed by atoms with Gasteiger partial charge in [0, 0.05) is 17.8 Å². The van der Waals surface area contributed by atoms with Crippen LogP contribution >= 0.6 is 0 Å². The highest BCUT2D eigenvalue weighted by molar-refractivity contribution is 5.85. The molecule has 6 heteroatoms. The Morgan fingerprint density at radius 1 is 1.35 bits per heavy atom. The number of benzene rings is 1. The van der Waals surface area contributed by atoms with Crippen molar-refractivity contribution in [1.82, 2.24) is 20.2 Å². The molecular formula is C14H19N5O. The molecule has 0 bridgehead atoms. The van der Waals surface area contributed by atoms with Crippen molar-refractivity contribution in [2.75, 3.05) is 0 Å². The number of aliphatic imine (C=N–C) groups is 1. The van der Waals surface area contributed by atoms with E-state index in [0.717, 1.165) is 17.5 Å². The number of aldehydes is 1. The zero-order valence-electron chi connectivity index (χ0n) is 12.2. The maximum atomic E-state index is 8.81. The quantitative estimate of drug-likeness (QED) is 0.633. The average molecular weight is 273 g/mol. The molecule has 1 aromatic carbocycles. The normalized spacial score (nSPS) is 10.4. The summed E-state index contributed by atoms with van der Waals surface area (Å²) in [7, 11) is 0. The molecule has 0 unspecified atom stereocenters. The van der Waals surface area contributed by atoms with Gasteiger partial charge in [0.2, 0.25) is 0 Å². The SMILES string of the molecule is CC=O.Cc1ccc(-n2cnnn2)c(C=NC(C)C)c1. The summed E-state index contributed by atoms with van der Waals surface area (Å²) in [5.74, 6) is 0. The average Bonchev–Trinajstić information content (AvgIpc) is 2.91. The first-order chi connectivity index (χ1) is 9.58. The molecule has 0 saturated heterocycles. The number of hydrogen-bond donors (Lipinski definition) is 0. The van der Waals surface area contributed by atoms with Crippen LogP contribution in [-0.2, 0) is 4.79 Å². The standard InChI is InChI=1S/C12H15N5.C2H4O/c1-9(2)13-7-11-6-10(3)4-5-12(11)17-8-14-15-16-17;1-2-3/h4-9H,1-3H3;2H,1H3. The molecule has 0 aliphatic carbocycles. The van der Waals surface area contributed by atoms with Gasteiger partial charge in [0.05, 0.1) is 5.69 Å². The zero-order chi connectivity index (χ0) is 15.0. The number of carbonyl (C=O) groups excluding carboxylic acids is 1. The molecule has 0 aliphatic heterocycles. The second kappa shape index (κ2) is 7.93. The summed E-state index contributed by atoms with van der Waals surface area (Å²) in [6.07, 6.45) is 4.20. The summed E-state index contributed by atoms with van der Waals surface area (Å²) < 4.78 is 1.64. The van der Waals surface area contributed by atoms with E-state index < -0.39 is 0 Å². The number of carbonyl (C=O) groups is 1. The van der Waals surface area contributed by atoms with Gasteiger partial charge in [-0.05, 0) is 50.3 Å². The predicted octanol–water partition coefficient (Wildman–Crippen LogP) is 2.00. The van der Waals surface area contributed by atoms with Crippen LogP contribution in [0, 0.1) is 6.92 Å². The first-order valence-electron chi connectivity index (χ1n) is 6.35. The molecule has 0 fully saturated rings. The molecule has 0 saturated carbocycles. The molecule has 0 N–H and O–H groups in total. The fourth-order valence-corrected chi connectivity index (χ4v) is 1.49. The van der Waals surface area contributed by atoms with Gasteiger partial charge in [-0.2, -0.15) is 4.68 Å². The molecule has 2 rings (SSSR count). The van der Waals surface area contributed by atoms with E-state index in [9.17, 15) is 0 Å².